The fourth-order valence-electron chi connectivity index (χ4n) is 2.20. The SMILES string of the molecule is CCCCCn1cnnc1S[C@@H](C)C(=O)NCc1ccccc1Cl. The van der Waals surface area contributed by atoms with Crippen molar-refractivity contribution in [1.82, 2.24) is 20.1 Å². The summed E-state index contributed by atoms with van der Waals surface area (Å²) < 4.78 is 2.01. The first-order valence-corrected chi connectivity index (χ1v) is 9.43. The number of nitrogens with one attached hydrogen (secondary N) is 1. The predicted octanol–water partition coefficient (Wildman–Crippen LogP) is 3.92. The van der Waals surface area contributed by atoms with Crippen molar-refractivity contribution in [2.45, 2.75) is 56.6 Å². The van der Waals surface area contributed by atoms with Gasteiger partial charge in [-0.05, 0) is 25.0 Å². The third-order valence-corrected chi connectivity index (χ3v) is 5.11. The average Bonchev–Trinajstić information content (AvgIpc) is 3.01. The van der Waals surface area contributed by atoms with Gasteiger partial charge in [-0.1, -0.05) is 61.3 Å². The Balaban J connectivity index is 1.85. The van der Waals surface area contributed by atoms with E-state index in [9.17, 15) is 4.79 Å². The summed E-state index contributed by atoms with van der Waals surface area (Å²) in [7, 11) is 0. The van der Waals surface area contributed by atoms with Crippen LogP contribution in [0.15, 0.2) is 35.7 Å². The fraction of sp³-hybridized carbons (Fsp3) is 0.471. The first-order valence-electron chi connectivity index (χ1n) is 8.17. The lowest BCUT2D eigenvalue weighted by atomic mass is 10.2. The number of benzene rings is 1. The lowest BCUT2D eigenvalue weighted by Crippen LogP contribution is -2.30. The molecule has 0 saturated carbocycles. The molecule has 0 radical (unpaired) electrons. The number of hydrogen-bond acceptors (Lipinski definition) is 4. The summed E-state index contributed by atoms with van der Waals surface area (Å²) in [4.78, 5) is 12.3. The van der Waals surface area contributed by atoms with Gasteiger partial charge in [-0.25, -0.2) is 0 Å². The first kappa shape index (κ1) is 18.8. The zero-order valence-corrected chi connectivity index (χ0v) is 15.6. The van der Waals surface area contributed by atoms with Crippen LogP contribution in [0.1, 0.15) is 38.7 Å². The Morgan fingerprint density at radius 1 is 1.38 bits per heavy atom. The van der Waals surface area contributed by atoms with E-state index in [2.05, 4.69) is 22.4 Å². The lowest BCUT2D eigenvalue weighted by Gasteiger charge is -2.13. The molecule has 1 aromatic carbocycles. The molecule has 5 nitrogen and oxygen atoms in total. The third kappa shape index (κ3) is 5.53. The Labute approximate surface area is 152 Å². The van der Waals surface area contributed by atoms with Crippen LogP contribution < -0.4 is 5.32 Å². The minimum atomic E-state index is -0.249. The van der Waals surface area contributed by atoms with Gasteiger partial charge >= 0.3 is 0 Å². The molecule has 130 valence electrons. The van der Waals surface area contributed by atoms with Crippen molar-refractivity contribution >= 4 is 29.3 Å². The van der Waals surface area contributed by atoms with E-state index < -0.39 is 0 Å². The number of halogens is 1. The maximum absolute atomic E-state index is 12.3. The summed E-state index contributed by atoms with van der Waals surface area (Å²) >= 11 is 7.53. The van der Waals surface area contributed by atoms with E-state index >= 15 is 0 Å². The van der Waals surface area contributed by atoms with Crippen LogP contribution in [0.25, 0.3) is 0 Å². The number of rotatable bonds is 9. The zero-order chi connectivity index (χ0) is 17.4. The molecule has 0 bridgehead atoms. The summed E-state index contributed by atoms with van der Waals surface area (Å²) in [5, 5.41) is 12.2. The fourth-order valence-corrected chi connectivity index (χ4v) is 3.28. The van der Waals surface area contributed by atoms with E-state index in [0.29, 0.717) is 11.6 Å². The van der Waals surface area contributed by atoms with Gasteiger partial charge in [0.15, 0.2) is 5.16 Å². The maximum Gasteiger partial charge on any atom is 0.233 e. The summed E-state index contributed by atoms with van der Waals surface area (Å²) in [5.41, 5.74) is 0.910. The van der Waals surface area contributed by atoms with Crippen molar-refractivity contribution in [2.24, 2.45) is 0 Å². The largest absolute Gasteiger partial charge is 0.351 e. The Bertz CT molecular complexity index is 662. The molecule has 2 aromatic rings. The summed E-state index contributed by atoms with van der Waals surface area (Å²) in [6.07, 6.45) is 5.17. The number of hydrogen-bond donors (Lipinski definition) is 1. The Kier molecular flexibility index (Phi) is 7.59. The molecule has 2 rings (SSSR count). The van der Waals surface area contributed by atoms with Crippen LogP contribution in [0.5, 0.6) is 0 Å². The molecule has 1 N–H and O–H groups in total. The number of unbranched alkanes of at least 4 members (excludes halogenated alkanes) is 2. The molecule has 1 atom stereocenters. The molecule has 0 aliphatic rings. The molecule has 0 spiro atoms. The van der Waals surface area contributed by atoms with Gasteiger partial charge in [-0.3, -0.25) is 4.79 Å². The van der Waals surface area contributed by atoms with Crippen LogP contribution in [0.2, 0.25) is 5.02 Å². The van der Waals surface area contributed by atoms with Gasteiger partial charge in [0.2, 0.25) is 5.91 Å². The molecule has 1 heterocycles. The van der Waals surface area contributed by atoms with Gasteiger partial charge < -0.3 is 9.88 Å². The van der Waals surface area contributed by atoms with Gasteiger partial charge in [0, 0.05) is 18.1 Å². The molecule has 0 unspecified atom stereocenters. The monoisotopic (exact) mass is 366 g/mol. The number of nitrogens with zero attached hydrogens (tertiary/aromatic N) is 3. The number of carbonyl (C=O) groups excluding carboxylic acids is 1. The number of carbonyl (C=O) groups is 1. The van der Waals surface area contributed by atoms with E-state index in [4.69, 9.17) is 11.6 Å². The Hall–Kier alpha value is -1.53. The van der Waals surface area contributed by atoms with Gasteiger partial charge in [-0.15, -0.1) is 10.2 Å². The second kappa shape index (κ2) is 9.69. The maximum atomic E-state index is 12.3. The minimum Gasteiger partial charge on any atom is -0.351 e. The molecule has 0 saturated heterocycles. The Morgan fingerprint density at radius 3 is 2.92 bits per heavy atom. The standard InChI is InChI=1S/C17H23ClN4OS/c1-3-4-7-10-22-12-20-21-17(22)24-13(2)16(23)19-11-14-8-5-6-9-15(14)18/h5-6,8-9,12-13H,3-4,7,10-11H2,1-2H3,(H,19,23)/t13-/m0/s1. The zero-order valence-electron chi connectivity index (χ0n) is 14.0. The predicted molar refractivity (Wildman–Crippen MR) is 98.2 cm³/mol. The lowest BCUT2D eigenvalue weighted by molar-refractivity contribution is -0.120. The van der Waals surface area contributed by atoms with Crippen LogP contribution in [0.4, 0.5) is 0 Å². The molecular weight excluding hydrogens is 344 g/mol. The topological polar surface area (TPSA) is 59.8 Å². The van der Waals surface area contributed by atoms with Gasteiger partial charge in [0.25, 0.3) is 0 Å². The second-order valence-corrected chi connectivity index (χ2v) is 7.30. The first-order chi connectivity index (χ1) is 11.6. The van der Waals surface area contributed by atoms with E-state index in [1.54, 1.807) is 6.33 Å². The van der Waals surface area contributed by atoms with Crippen molar-refractivity contribution in [1.29, 1.82) is 0 Å². The highest BCUT2D eigenvalue weighted by Gasteiger charge is 2.17. The van der Waals surface area contributed by atoms with Crippen molar-refractivity contribution in [3.63, 3.8) is 0 Å². The van der Waals surface area contributed by atoms with Crippen LogP contribution in [-0.2, 0) is 17.9 Å². The quantitative estimate of drug-likeness (QED) is 0.539. The summed E-state index contributed by atoms with van der Waals surface area (Å²) in [5.74, 6) is -0.0389. The highest BCUT2D eigenvalue weighted by Crippen LogP contribution is 2.22. The number of aromatic nitrogens is 3. The van der Waals surface area contributed by atoms with E-state index in [-0.39, 0.29) is 11.2 Å². The van der Waals surface area contributed by atoms with Crippen molar-refractivity contribution in [3.05, 3.63) is 41.2 Å². The van der Waals surface area contributed by atoms with Crippen LogP contribution in [0, 0.1) is 0 Å². The van der Waals surface area contributed by atoms with Crippen molar-refractivity contribution in [3.8, 4) is 0 Å². The number of aryl methyl sites for hydroxylation is 1. The molecule has 1 amide bonds. The number of thioether (sulfide) groups is 1. The summed E-state index contributed by atoms with van der Waals surface area (Å²) in [6, 6.07) is 7.51. The van der Waals surface area contributed by atoms with E-state index in [0.717, 1.165) is 23.7 Å². The molecule has 24 heavy (non-hydrogen) atoms. The smallest absolute Gasteiger partial charge is 0.233 e. The minimum absolute atomic E-state index is 0.0389. The molecule has 0 aliphatic heterocycles. The molecular formula is C17H23ClN4OS. The highest BCUT2D eigenvalue weighted by atomic mass is 35.5. The normalized spacial score (nSPS) is 12.1. The third-order valence-electron chi connectivity index (χ3n) is 3.64. The van der Waals surface area contributed by atoms with Crippen LogP contribution >= 0.6 is 23.4 Å². The van der Waals surface area contributed by atoms with Crippen LogP contribution in [-0.4, -0.2) is 25.9 Å². The van der Waals surface area contributed by atoms with Gasteiger partial charge in [-0.2, -0.15) is 0 Å². The average molecular weight is 367 g/mol. The highest BCUT2D eigenvalue weighted by molar-refractivity contribution is 8.00. The van der Waals surface area contributed by atoms with E-state index in [1.165, 1.54) is 24.6 Å². The molecule has 0 fully saturated rings. The Morgan fingerprint density at radius 2 is 2.17 bits per heavy atom. The van der Waals surface area contributed by atoms with Crippen molar-refractivity contribution < 1.29 is 4.79 Å². The van der Waals surface area contributed by atoms with Gasteiger partial charge in [0.1, 0.15) is 6.33 Å². The van der Waals surface area contributed by atoms with Gasteiger partial charge in [0.05, 0.1) is 5.25 Å². The van der Waals surface area contributed by atoms with Crippen LogP contribution in [0.3, 0.4) is 0 Å². The number of amides is 1. The molecule has 7 heteroatoms. The molecule has 1 aromatic heterocycles. The second-order valence-electron chi connectivity index (χ2n) is 5.58. The van der Waals surface area contributed by atoms with E-state index in [1.807, 2.05) is 35.8 Å². The summed E-state index contributed by atoms with van der Waals surface area (Å²) in [6.45, 7) is 5.36. The van der Waals surface area contributed by atoms with Crippen molar-refractivity contribution in [2.75, 3.05) is 0 Å². The molecule has 0 aliphatic carbocycles.